The second-order valence-corrected chi connectivity index (χ2v) is 4.40. The van der Waals surface area contributed by atoms with Gasteiger partial charge in [0.1, 0.15) is 0 Å². The van der Waals surface area contributed by atoms with E-state index in [0.29, 0.717) is 5.56 Å². The van der Waals surface area contributed by atoms with Gasteiger partial charge in [-0.25, -0.2) is 0 Å². The maximum Gasteiger partial charge on any atom is 0.415 e. The first-order chi connectivity index (χ1) is 10.3. The molecule has 0 N–H and O–H groups in total. The number of alkyl halides is 3. The molecule has 4 nitrogen and oxygen atoms in total. The van der Waals surface area contributed by atoms with E-state index < -0.39 is 30.0 Å². The lowest BCUT2D eigenvalue weighted by Crippen LogP contribution is -2.52. The van der Waals surface area contributed by atoms with E-state index in [2.05, 4.69) is 9.47 Å². The first-order valence-corrected chi connectivity index (χ1v) is 6.24. The fourth-order valence-corrected chi connectivity index (χ4v) is 1.88. The number of hydrogen-bond acceptors (Lipinski definition) is 4. The molecule has 0 heterocycles. The van der Waals surface area contributed by atoms with Gasteiger partial charge < -0.3 is 9.47 Å². The highest BCUT2D eigenvalue weighted by Crippen LogP contribution is 2.43. The maximum atomic E-state index is 13.3. The third-order valence-electron chi connectivity index (χ3n) is 3.09. The van der Waals surface area contributed by atoms with Crippen LogP contribution in [-0.2, 0) is 19.1 Å². The monoisotopic (exact) mass is 316 g/mol. The third-order valence-corrected chi connectivity index (χ3v) is 3.09. The van der Waals surface area contributed by atoms with Gasteiger partial charge in [0.15, 0.2) is 0 Å². The fourth-order valence-electron chi connectivity index (χ4n) is 1.88. The van der Waals surface area contributed by atoms with Crippen LogP contribution >= 0.6 is 0 Å². The van der Waals surface area contributed by atoms with Crippen molar-refractivity contribution in [3.8, 4) is 0 Å². The van der Waals surface area contributed by atoms with E-state index >= 15 is 0 Å². The third kappa shape index (κ3) is 3.47. The molecule has 0 aromatic heterocycles. The lowest BCUT2D eigenvalue weighted by Gasteiger charge is -2.29. The molecule has 7 heteroatoms. The van der Waals surface area contributed by atoms with Crippen molar-refractivity contribution in [2.75, 3.05) is 14.2 Å². The number of esters is 2. The fraction of sp³-hybridized carbons (Fsp3) is 0.333. The maximum absolute atomic E-state index is 13.3. The van der Waals surface area contributed by atoms with E-state index in [0.717, 1.165) is 20.3 Å². The topological polar surface area (TPSA) is 52.6 Å². The summed E-state index contributed by atoms with van der Waals surface area (Å²) in [7, 11) is 1.57. The van der Waals surface area contributed by atoms with Gasteiger partial charge in [0.05, 0.1) is 14.2 Å². The first kappa shape index (κ1) is 17.7. The Balaban J connectivity index is 3.17. The Kier molecular flexibility index (Phi) is 5.73. The van der Waals surface area contributed by atoms with Gasteiger partial charge in [-0.2, -0.15) is 13.2 Å². The molecule has 22 heavy (non-hydrogen) atoms. The van der Waals surface area contributed by atoms with Crippen LogP contribution in [0.5, 0.6) is 0 Å². The van der Waals surface area contributed by atoms with E-state index in [9.17, 15) is 22.8 Å². The van der Waals surface area contributed by atoms with Gasteiger partial charge in [0.2, 0.25) is 0 Å². The molecule has 0 radical (unpaired) electrons. The molecule has 0 aliphatic carbocycles. The minimum absolute atomic E-state index is 0.633. The molecule has 0 aliphatic heterocycles. The molecular formula is C15H15F3O4. The standard InChI is InChI=1S/C15H15F3O4/c1-21-12(19)14(13(20)22-2,15(16,17)18)10-6-9-11-7-4-3-5-8-11/h3-9H,10H2,1-2H3/b9-6+. The number of ether oxygens (including phenoxy) is 2. The number of methoxy groups -OCH3 is 2. The number of hydrogen-bond donors (Lipinski definition) is 0. The zero-order chi connectivity index (χ0) is 16.8. The highest BCUT2D eigenvalue weighted by atomic mass is 19.4. The van der Waals surface area contributed by atoms with Gasteiger partial charge in [0.25, 0.3) is 5.41 Å². The van der Waals surface area contributed by atoms with Crippen molar-refractivity contribution in [3.05, 3.63) is 42.0 Å². The van der Waals surface area contributed by atoms with Crippen LogP contribution in [0.15, 0.2) is 36.4 Å². The summed E-state index contributed by atoms with van der Waals surface area (Å²) in [5, 5.41) is 0. The lowest BCUT2D eigenvalue weighted by atomic mass is 9.83. The molecule has 0 atom stereocenters. The van der Waals surface area contributed by atoms with Crippen LogP contribution in [0.1, 0.15) is 12.0 Å². The molecule has 0 fully saturated rings. The number of halogens is 3. The van der Waals surface area contributed by atoms with Crippen molar-refractivity contribution < 1.29 is 32.2 Å². The summed E-state index contributed by atoms with van der Waals surface area (Å²) < 4.78 is 48.4. The molecular weight excluding hydrogens is 301 g/mol. The van der Waals surface area contributed by atoms with E-state index in [1.807, 2.05) is 0 Å². The minimum atomic E-state index is -5.14. The van der Waals surface area contributed by atoms with Crippen LogP contribution in [0.25, 0.3) is 6.08 Å². The summed E-state index contributed by atoms with van der Waals surface area (Å²) in [6.07, 6.45) is -3.58. The second kappa shape index (κ2) is 7.11. The van der Waals surface area contributed by atoms with Gasteiger partial charge in [-0.15, -0.1) is 0 Å². The molecule has 1 aromatic carbocycles. The normalized spacial score (nSPS) is 12.2. The number of allylic oxidation sites excluding steroid dienone is 1. The van der Waals surface area contributed by atoms with Crippen LogP contribution in [0.2, 0.25) is 0 Å². The van der Waals surface area contributed by atoms with E-state index in [1.165, 1.54) is 6.08 Å². The van der Waals surface area contributed by atoms with Gasteiger partial charge in [0, 0.05) is 6.42 Å². The minimum Gasteiger partial charge on any atom is -0.468 e. The molecule has 0 saturated carbocycles. The molecule has 0 unspecified atom stereocenters. The predicted octanol–water partition coefficient (Wildman–Crippen LogP) is 2.98. The van der Waals surface area contributed by atoms with Crippen molar-refractivity contribution in [3.63, 3.8) is 0 Å². The Morgan fingerprint density at radius 1 is 1.05 bits per heavy atom. The average molecular weight is 316 g/mol. The molecule has 1 rings (SSSR count). The Morgan fingerprint density at radius 2 is 1.55 bits per heavy atom. The SMILES string of the molecule is COC(=O)C(C/C=C/c1ccccc1)(C(=O)OC)C(F)(F)F. The number of rotatable bonds is 5. The Morgan fingerprint density at radius 3 is 1.95 bits per heavy atom. The summed E-state index contributed by atoms with van der Waals surface area (Å²) in [4.78, 5) is 23.3. The van der Waals surface area contributed by atoms with E-state index in [1.54, 1.807) is 30.3 Å². The van der Waals surface area contributed by atoms with Gasteiger partial charge >= 0.3 is 18.1 Å². The van der Waals surface area contributed by atoms with Crippen molar-refractivity contribution in [2.45, 2.75) is 12.6 Å². The summed E-state index contributed by atoms with van der Waals surface area (Å²) in [6, 6.07) is 8.50. The molecule has 0 saturated heterocycles. The second-order valence-electron chi connectivity index (χ2n) is 4.40. The summed E-state index contributed by atoms with van der Waals surface area (Å²) in [5.74, 6) is -3.41. The van der Waals surface area contributed by atoms with Crippen LogP contribution in [0.3, 0.4) is 0 Å². The lowest BCUT2D eigenvalue weighted by molar-refractivity contribution is -0.237. The largest absolute Gasteiger partial charge is 0.468 e. The number of benzene rings is 1. The Bertz CT molecular complexity index is 534. The van der Waals surface area contributed by atoms with Crippen LogP contribution in [0.4, 0.5) is 13.2 Å². The average Bonchev–Trinajstić information content (AvgIpc) is 2.50. The van der Waals surface area contributed by atoms with Gasteiger partial charge in [-0.1, -0.05) is 42.5 Å². The van der Waals surface area contributed by atoms with Crippen molar-refractivity contribution in [1.82, 2.24) is 0 Å². The molecule has 0 bridgehead atoms. The van der Waals surface area contributed by atoms with Crippen LogP contribution in [-0.4, -0.2) is 32.3 Å². The van der Waals surface area contributed by atoms with Crippen molar-refractivity contribution in [2.24, 2.45) is 5.41 Å². The van der Waals surface area contributed by atoms with Gasteiger partial charge in [-0.05, 0) is 5.56 Å². The summed E-state index contributed by atoms with van der Waals surface area (Å²) in [5.41, 5.74) is -2.74. The molecule has 0 amide bonds. The van der Waals surface area contributed by atoms with Crippen LogP contribution in [0, 0.1) is 5.41 Å². The summed E-state index contributed by atoms with van der Waals surface area (Å²) >= 11 is 0. The van der Waals surface area contributed by atoms with Gasteiger partial charge in [-0.3, -0.25) is 9.59 Å². The smallest absolute Gasteiger partial charge is 0.415 e. The Labute approximate surface area is 125 Å². The highest BCUT2D eigenvalue weighted by molar-refractivity contribution is 6.01. The Hall–Kier alpha value is -2.31. The molecule has 120 valence electrons. The van der Waals surface area contributed by atoms with E-state index in [4.69, 9.17) is 0 Å². The van der Waals surface area contributed by atoms with Crippen molar-refractivity contribution >= 4 is 18.0 Å². The molecule has 0 aliphatic rings. The zero-order valence-electron chi connectivity index (χ0n) is 12.0. The van der Waals surface area contributed by atoms with E-state index in [-0.39, 0.29) is 0 Å². The van der Waals surface area contributed by atoms with Crippen LogP contribution < -0.4 is 0 Å². The predicted molar refractivity (Wildman–Crippen MR) is 72.6 cm³/mol. The highest BCUT2D eigenvalue weighted by Gasteiger charge is 2.67. The van der Waals surface area contributed by atoms with Crippen molar-refractivity contribution in [1.29, 1.82) is 0 Å². The molecule has 0 spiro atoms. The molecule has 1 aromatic rings. The number of carbonyl (C=O) groups is 2. The summed E-state index contributed by atoms with van der Waals surface area (Å²) in [6.45, 7) is 0. The first-order valence-electron chi connectivity index (χ1n) is 6.24. The zero-order valence-corrected chi connectivity index (χ0v) is 12.0. The quantitative estimate of drug-likeness (QED) is 0.619. The number of carbonyl (C=O) groups excluding carboxylic acids is 2.